The van der Waals surface area contributed by atoms with Crippen molar-refractivity contribution in [1.82, 2.24) is 0 Å². The highest BCUT2D eigenvalue weighted by Gasteiger charge is 2.20. The number of hydrogen-bond acceptors (Lipinski definition) is 6. The summed E-state index contributed by atoms with van der Waals surface area (Å²) < 4.78 is 28.6. The van der Waals surface area contributed by atoms with Crippen molar-refractivity contribution in [2.45, 2.75) is 24.7 Å². The van der Waals surface area contributed by atoms with E-state index in [1.807, 2.05) is 6.92 Å². The van der Waals surface area contributed by atoms with Crippen molar-refractivity contribution >= 4 is 33.2 Å². The van der Waals surface area contributed by atoms with Gasteiger partial charge in [-0.15, -0.1) is 0 Å². The van der Waals surface area contributed by atoms with E-state index in [0.717, 1.165) is 48.9 Å². The summed E-state index contributed by atoms with van der Waals surface area (Å²) in [6.07, 6.45) is 3.64. The highest BCUT2D eigenvalue weighted by Crippen LogP contribution is 2.30. The van der Waals surface area contributed by atoms with E-state index in [1.165, 1.54) is 17.6 Å². The van der Waals surface area contributed by atoms with E-state index in [0.29, 0.717) is 0 Å². The zero-order valence-corrected chi connectivity index (χ0v) is 14.7. The van der Waals surface area contributed by atoms with Crippen LogP contribution in [0, 0.1) is 6.92 Å². The van der Waals surface area contributed by atoms with Gasteiger partial charge in [-0.05, 0) is 55.0 Å². The lowest BCUT2D eigenvalue weighted by Gasteiger charge is -2.21. The highest BCUT2D eigenvalue weighted by molar-refractivity contribution is 8.07. The standard InChI is InChI=1S/C16H18N2O4S2/c1-11-10-12(4-5-14(11)18-7-2-3-8-18)24(21,22)17-13-6-9-23-15(13)16(19)20/h4-6,9-10,19-20H,2-3,7-8H2,1H3/p-2/b17-13+. The fraction of sp³-hybridized carbons (Fsp3) is 0.312. The lowest BCUT2D eigenvalue weighted by atomic mass is 10.2. The molecule has 0 saturated carbocycles. The Morgan fingerprint density at radius 2 is 1.96 bits per heavy atom. The molecule has 0 unspecified atom stereocenters. The molecule has 0 spiro atoms. The summed E-state index contributed by atoms with van der Waals surface area (Å²) in [5.74, 6) is -1.43. The molecule has 2 aliphatic rings. The van der Waals surface area contributed by atoms with Gasteiger partial charge >= 0.3 is 0 Å². The number of sulfonamides is 1. The zero-order valence-electron chi connectivity index (χ0n) is 13.1. The van der Waals surface area contributed by atoms with Crippen molar-refractivity contribution in [3.8, 4) is 0 Å². The first kappa shape index (κ1) is 16.9. The van der Waals surface area contributed by atoms with Crippen molar-refractivity contribution in [2.24, 2.45) is 4.40 Å². The van der Waals surface area contributed by atoms with Crippen molar-refractivity contribution in [2.75, 3.05) is 18.0 Å². The average Bonchev–Trinajstić information content (AvgIpc) is 3.17. The molecule has 24 heavy (non-hydrogen) atoms. The Morgan fingerprint density at radius 3 is 2.58 bits per heavy atom. The second-order valence-electron chi connectivity index (χ2n) is 5.63. The molecule has 1 saturated heterocycles. The highest BCUT2D eigenvalue weighted by atomic mass is 32.2. The Labute approximate surface area is 145 Å². The van der Waals surface area contributed by atoms with Crippen LogP contribution in [-0.4, -0.2) is 27.2 Å². The number of nitrogens with zero attached hydrogens (tertiary/aromatic N) is 2. The average molecular weight is 364 g/mol. The topological polar surface area (TPSA) is 95.9 Å². The minimum absolute atomic E-state index is 0.0541. The Kier molecular flexibility index (Phi) is 4.60. The zero-order chi connectivity index (χ0) is 17.3. The van der Waals surface area contributed by atoms with Gasteiger partial charge in [-0.2, -0.15) is 18.8 Å². The van der Waals surface area contributed by atoms with Crippen LogP contribution in [-0.2, 0) is 10.0 Å². The van der Waals surface area contributed by atoms with Gasteiger partial charge in [0, 0.05) is 23.7 Å². The molecule has 6 nitrogen and oxygen atoms in total. The molecular weight excluding hydrogens is 348 g/mol. The quantitative estimate of drug-likeness (QED) is 0.739. The van der Waals surface area contributed by atoms with Crippen molar-refractivity contribution < 1.29 is 18.6 Å². The number of rotatable bonds is 3. The Hall–Kier alpha value is -1.93. The van der Waals surface area contributed by atoms with Crippen LogP contribution < -0.4 is 15.1 Å². The predicted molar refractivity (Wildman–Crippen MR) is 91.0 cm³/mol. The Morgan fingerprint density at radius 1 is 1.25 bits per heavy atom. The summed E-state index contributed by atoms with van der Waals surface area (Å²) in [4.78, 5) is 2.10. The van der Waals surface area contributed by atoms with Crippen LogP contribution in [0.5, 0.6) is 0 Å². The van der Waals surface area contributed by atoms with Gasteiger partial charge in [0.05, 0.1) is 10.6 Å². The van der Waals surface area contributed by atoms with E-state index < -0.39 is 16.0 Å². The number of anilines is 1. The molecule has 0 bridgehead atoms. The largest absolute Gasteiger partial charge is 0.883 e. The molecule has 2 heterocycles. The normalized spacial score (nSPS) is 19.5. The van der Waals surface area contributed by atoms with Crippen LogP contribution in [0.25, 0.3) is 0 Å². The Balaban J connectivity index is 1.94. The smallest absolute Gasteiger partial charge is 0.282 e. The summed E-state index contributed by atoms with van der Waals surface area (Å²) in [6, 6.07) is 4.89. The van der Waals surface area contributed by atoms with Crippen molar-refractivity contribution in [1.29, 1.82) is 0 Å². The third kappa shape index (κ3) is 3.29. The van der Waals surface area contributed by atoms with Gasteiger partial charge in [-0.3, -0.25) is 0 Å². The summed E-state index contributed by atoms with van der Waals surface area (Å²) in [5.41, 5.74) is 1.79. The van der Waals surface area contributed by atoms with E-state index in [2.05, 4.69) is 9.30 Å². The molecule has 1 fully saturated rings. The number of benzene rings is 1. The van der Waals surface area contributed by atoms with Gasteiger partial charge in [0.2, 0.25) is 0 Å². The first-order valence-corrected chi connectivity index (χ1v) is 9.83. The Bertz CT molecular complexity index is 847. The molecule has 0 aliphatic carbocycles. The maximum absolute atomic E-state index is 12.5. The third-order valence-electron chi connectivity index (χ3n) is 3.96. The number of hydrogen-bond donors (Lipinski definition) is 0. The molecule has 1 aromatic carbocycles. The van der Waals surface area contributed by atoms with Gasteiger partial charge in [-0.1, -0.05) is 11.8 Å². The van der Waals surface area contributed by atoms with Gasteiger partial charge in [0.25, 0.3) is 10.0 Å². The van der Waals surface area contributed by atoms with Crippen LogP contribution >= 0.6 is 11.8 Å². The number of aryl methyl sites for hydroxylation is 1. The van der Waals surface area contributed by atoms with Crippen LogP contribution in [0.4, 0.5) is 5.69 Å². The first-order chi connectivity index (χ1) is 11.4. The lowest BCUT2D eigenvalue weighted by Crippen LogP contribution is -2.22. The number of allylic oxidation sites excluding steroid dienone is 2. The second kappa shape index (κ2) is 6.52. The molecular formula is C16H16N2O4S2-2. The summed E-state index contributed by atoms with van der Waals surface area (Å²) in [6.45, 7) is 3.81. The van der Waals surface area contributed by atoms with E-state index in [4.69, 9.17) is 0 Å². The van der Waals surface area contributed by atoms with Gasteiger partial charge in [0.15, 0.2) is 0 Å². The van der Waals surface area contributed by atoms with Gasteiger partial charge in [-0.25, -0.2) is 0 Å². The van der Waals surface area contributed by atoms with E-state index in [-0.39, 0.29) is 15.5 Å². The predicted octanol–water partition coefficient (Wildman–Crippen LogP) is 0.875. The van der Waals surface area contributed by atoms with E-state index >= 15 is 0 Å². The fourth-order valence-electron chi connectivity index (χ4n) is 2.81. The van der Waals surface area contributed by atoms with Gasteiger partial charge < -0.3 is 15.1 Å². The third-order valence-corrected chi connectivity index (χ3v) is 6.13. The molecule has 0 radical (unpaired) electrons. The van der Waals surface area contributed by atoms with Crippen LogP contribution in [0.2, 0.25) is 0 Å². The monoisotopic (exact) mass is 364 g/mol. The van der Waals surface area contributed by atoms with Gasteiger partial charge in [0.1, 0.15) is 0 Å². The molecule has 0 atom stereocenters. The van der Waals surface area contributed by atoms with Crippen LogP contribution in [0.15, 0.2) is 49.8 Å². The summed E-state index contributed by atoms with van der Waals surface area (Å²) in [5, 5.41) is 23.5. The molecule has 3 rings (SSSR count). The molecule has 2 aliphatic heterocycles. The molecule has 8 heteroatoms. The molecule has 0 aromatic heterocycles. The molecule has 1 aromatic rings. The fourth-order valence-corrected chi connectivity index (χ4v) is 4.61. The molecule has 0 amide bonds. The molecule has 128 valence electrons. The minimum atomic E-state index is -3.98. The summed E-state index contributed by atoms with van der Waals surface area (Å²) in [7, 11) is -3.98. The van der Waals surface area contributed by atoms with Crippen LogP contribution in [0.3, 0.4) is 0 Å². The SMILES string of the molecule is Cc1cc(S(=O)(=O)/N=C2\C=CSC2=C([O-])[O-])ccc1N1CCCC1. The van der Waals surface area contributed by atoms with Crippen molar-refractivity contribution in [3.63, 3.8) is 0 Å². The summed E-state index contributed by atoms with van der Waals surface area (Å²) >= 11 is 0.889. The van der Waals surface area contributed by atoms with E-state index in [9.17, 15) is 18.6 Å². The molecule has 0 N–H and O–H groups in total. The maximum atomic E-state index is 12.5. The minimum Gasteiger partial charge on any atom is -0.883 e. The number of thioether (sulfide) groups is 1. The van der Waals surface area contributed by atoms with E-state index in [1.54, 1.807) is 12.1 Å². The van der Waals surface area contributed by atoms with Crippen LogP contribution in [0.1, 0.15) is 18.4 Å². The maximum Gasteiger partial charge on any atom is 0.282 e. The lowest BCUT2D eigenvalue weighted by molar-refractivity contribution is -0.513. The van der Waals surface area contributed by atoms with Crippen molar-refractivity contribution in [3.05, 3.63) is 46.1 Å². The second-order valence-corrected chi connectivity index (χ2v) is 8.15. The first-order valence-electron chi connectivity index (χ1n) is 7.51.